The van der Waals surface area contributed by atoms with Crippen LogP contribution in [0.3, 0.4) is 0 Å². The fourth-order valence-electron chi connectivity index (χ4n) is 1.03. The lowest BCUT2D eigenvalue weighted by Crippen LogP contribution is -1.81. The minimum atomic E-state index is 0.881. The second-order valence-electron chi connectivity index (χ2n) is 2.21. The Kier molecular flexibility index (Phi) is 1.14. The molecule has 1 aliphatic heterocycles. The molecule has 0 aromatic rings. The molecule has 0 spiro atoms. The van der Waals surface area contributed by atoms with Crippen molar-refractivity contribution in [3.8, 4) is 11.1 Å². The molecule has 2 N–H and O–H groups in total. The first-order valence-corrected chi connectivity index (χ1v) is 4.02. The third-order valence-corrected chi connectivity index (χ3v) is 2.24. The van der Waals surface area contributed by atoms with Crippen LogP contribution in [0.5, 0.6) is 0 Å². The van der Waals surface area contributed by atoms with Crippen molar-refractivity contribution in [2.75, 3.05) is 5.73 Å². The Morgan fingerprint density at radius 1 is 1.20 bits per heavy atom. The molecular formula is C8H7NS. The lowest BCUT2D eigenvalue weighted by atomic mass is 10.2. The average Bonchev–Trinajstić information content (AvgIpc) is 2.34. The highest BCUT2D eigenvalue weighted by atomic mass is 32.1. The van der Waals surface area contributed by atoms with Gasteiger partial charge in [0.1, 0.15) is 0 Å². The maximum absolute atomic E-state index is 5.68. The quantitative estimate of drug-likeness (QED) is 0.611. The van der Waals surface area contributed by atoms with E-state index in [1.165, 1.54) is 11.1 Å². The van der Waals surface area contributed by atoms with Crippen LogP contribution < -0.4 is 5.73 Å². The molecule has 0 saturated heterocycles. The van der Waals surface area contributed by atoms with Crippen LogP contribution in [0.1, 0.15) is 0 Å². The highest BCUT2D eigenvalue weighted by molar-refractivity contribution is 7.08. The van der Waals surface area contributed by atoms with Gasteiger partial charge in [-0.1, -0.05) is 6.07 Å². The zero-order chi connectivity index (χ0) is 6.97. The van der Waals surface area contributed by atoms with Crippen molar-refractivity contribution >= 4 is 17.0 Å². The van der Waals surface area contributed by atoms with Gasteiger partial charge >= 0.3 is 0 Å². The van der Waals surface area contributed by atoms with Crippen LogP contribution in [0.25, 0.3) is 11.1 Å². The molecule has 0 amide bonds. The standard InChI is InChI=1S/C8H7NS/c9-8-2-1-6-3-4-10-5-7(6)8/h1-5H,9H2. The molecule has 50 valence electrons. The molecular weight excluding hydrogens is 142 g/mol. The average molecular weight is 149 g/mol. The molecule has 0 aromatic carbocycles. The summed E-state index contributed by atoms with van der Waals surface area (Å²) < 4.78 is 0. The van der Waals surface area contributed by atoms with Crippen molar-refractivity contribution in [2.45, 2.75) is 0 Å². The van der Waals surface area contributed by atoms with Gasteiger partial charge in [0, 0.05) is 16.6 Å². The smallest absolute Gasteiger partial charge is 0.0402 e. The Balaban J connectivity index is 2.78. The van der Waals surface area contributed by atoms with Crippen molar-refractivity contribution in [3.63, 3.8) is 0 Å². The Bertz CT molecular complexity index is 313. The highest BCUT2D eigenvalue weighted by Crippen LogP contribution is 2.30. The number of fused-ring (bicyclic) bond motifs is 1. The van der Waals surface area contributed by atoms with E-state index < -0.39 is 0 Å². The van der Waals surface area contributed by atoms with E-state index >= 15 is 0 Å². The highest BCUT2D eigenvalue weighted by Gasteiger charge is 2.03. The zero-order valence-electron chi connectivity index (χ0n) is 5.37. The van der Waals surface area contributed by atoms with Gasteiger partial charge in [-0.05, 0) is 23.1 Å². The van der Waals surface area contributed by atoms with E-state index in [9.17, 15) is 0 Å². The number of hydrogen-bond acceptors (Lipinski definition) is 2. The summed E-state index contributed by atoms with van der Waals surface area (Å²) in [5, 5.41) is 4.13. The van der Waals surface area contributed by atoms with E-state index in [1.54, 1.807) is 11.3 Å². The molecule has 1 nitrogen and oxygen atoms in total. The second kappa shape index (κ2) is 1.99. The number of rotatable bonds is 0. The SMILES string of the molecule is Nc1ccc2ccscc1-2. The molecule has 1 aliphatic carbocycles. The Morgan fingerprint density at radius 2 is 2.10 bits per heavy atom. The minimum Gasteiger partial charge on any atom is -0.398 e. The zero-order valence-corrected chi connectivity index (χ0v) is 6.19. The molecule has 0 saturated carbocycles. The molecule has 2 rings (SSSR count). The third-order valence-electron chi connectivity index (χ3n) is 1.58. The first-order valence-electron chi connectivity index (χ1n) is 3.08. The molecule has 0 radical (unpaired) electrons. The van der Waals surface area contributed by atoms with Gasteiger partial charge in [0.25, 0.3) is 0 Å². The van der Waals surface area contributed by atoms with Crippen LogP contribution in [0.15, 0.2) is 29.0 Å². The van der Waals surface area contributed by atoms with Gasteiger partial charge in [-0.25, -0.2) is 0 Å². The minimum absolute atomic E-state index is 0.881. The predicted molar refractivity (Wildman–Crippen MR) is 45.4 cm³/mol. The molecule has 1 heterocycles. The first-order chi connectivity index (χ1) is 4.88. The maximum atomic E-state index is 5.68. The summed E-state index contributed by atoms with van der Waals surface area (Å²) in [5.41, 5.74) is 8.97. The Labute approximate surface area is 63.4 Å². The van der Waals surface area contributed by atoms with Crippen LogP contribution in [0.4, 0.5) is 5.69 Å². The van der Waals surface area contributed by atoms with Gasteiger partial charge < -0.3 is 5.73 Å². The molecule has 0 atom stereocenters. The molecule has 10 heavy (non-hydrogen) atoms. The van der Waals surface area contributed by atoms with E-state index in [2.05, 4.69) is 16.8 Å². The fourth-order valence-corrected chi connectivity index (χ4v) is 1.74. The lowest BCUT2D eigenvalue weighted by Gasteiger charge is -1.95. The molecule has 0 unspecified atom stereocenters. The molecule has 2 aliphatic rings. The van der Waals surface area contributed by atoms with Gasteiger partial charge in [-0.2, -0.15) is 11.3 Å². The van der Waals surface area contributed by atoms with Gasteiger partial charge in [-0.15, -0.1) is 0 Å². The second-order valence-corrected chi connectivity index (χ2v) is 2.99. The van der Waals surface area contributed by atoms with Crippen molar-refractivity contribution in [1.29, 1.82) is 0 Å². The number of anilines is 1. The van der Waals surface area contributed by atoms with Crippen molar-refractivity contribution in [2.24, 2.45) is 0 Å². The molecule has 0 aromatic heterocycles. The van der Waals surface area contributed by atoms with Gasteiger partial charge in [0.2, 0.25) is 0 Å². The van der Waals surface area contributed by atoms with Crippen LogP contribution in [0, 0.1) is 0 Å². The lowest BCUT2D eigenvalue weighted by molar-refractivity contribution is 1.82. The predicted octanol–water partition coefficient (Wildman–Crippen LogP) is 2.44. The third kappa shape index (κ3) is 0.693. The van der Waals surface area contributed by atoms with E-state index in [0.717, 1.165) is 5.69 Å². The van der Waals surface area contributed by atoms with Crippen LogP contribution in [-0.4, -0.2) is 0 Å². The monoisotopic (exact) mass is 149 g/mol. The summed E-state index contributed by atoms with van der Waals surface area (Å²) in [6.45, 7) is 0. The van der Waals surface area contributed by atoms with Crippen molar-refractivity contribution in [1.82, 2.24) is 0 Å². The van der Waals surface area contributed by atoms with Crippen LogP contribution >= 0.6 is 11.3 Å². The van der Waals surface area contributed by atoms with E-state index in [-0.39, 0.29) is 0 Å². The largest absolute Gasteiger partial charge is 0.398 e. The Hall–Kier alpha value is -1.02. The van der Waals surface area contributed by atoms with Gasteiger partial charge in [-0.3, -0.25) is 0 Å². The number of hydrogen-bond donors (Lipinski definition) is 1. The summed E-state index contributed by atoms with van der Waals surface area (Å²) in [5.74, 6) is 0. The van der Waals surface area contributed by atoms with Gasteiger partial charge in [0.15, 0.2) is 0 Å². The topological polar surface area (TPSA) is 26.0 Å². The maximum Gasteiger partial charge on any atom is 0.0402 e. The summed E-state index contributed by atoms with van der Waals surface area (Å²) in [6, 6.07) is 6.06. The van der Waals surface area contributed by atoms with Crippen molar-refractivity contribution in [3.05, 3.63) is 29.0 Å². The Morgan fingerprint density at radius 3 is 2.90 bits per heavy atom. The summed E-state index contributed by atoms with van der Waals surface area (Å²) in [4.78, 5) is 0. The number of nitrogen functional groups attached to an aromatic ring is 1. The van der Waals surface area contributed by atoms with Gasteiger partial charge in [0.05, 0.1) is 0 Å². The number of nitrogens with two attached hydrogens (primary N) is 1. The van der Waals surface area contributed by atoms with E-state index in [4.69, 9.17) is 5.73 Å². The molecule has 2 heteroatoms. The van der Waals surface area contributed by atoms with Crippen molar-refractivity contribution < 1.29 is 0 Å². The molecule has 0 bridgehead atoms. The van der Waals surface area contributed by atoms with E-state index in [1.807, 2.05) is 12.1 Å². The summed E-state index contributed by atoms with van der Waals surface area (Å²) in [6.07, 6.45) is 0. The normalized spacial score (nSPS) is 10.4. The first kappa shape index (κ1) is 5.74. The van der Waals surface area contributed by atoms with E-state index in [0.29, 0.717) is 0 Å². The van der Waals surface area contributed by atoms with Crippen LogP contribution in [-0.2, 0) is 0 Å². The summed E-state index contributed by atoms with van der Waals surface area (Å²) >= 11 is 1.67. The summed E-state index contributed by atoms with van der Waals surface area (Å²) in [7, 11) is 0. The fraction of sp³-hybridized carbons (Fsp3) is 0. The molecule has 0 fully saturated rings. The van der Waals surface area contributed by atoms with Crippen LogP contribution in [0.2, 0.25) is 0 Å².